The lowest BCUT2D eigenvalue weighted by Gasteiger charge is -2.49. The van der Waals surface area contributed by atoms with Crippen LogP contribution in [0.1, 0.15) is 454 Å². The van der Waals surface area contributed by atoms with E-state index in [0.29, 0.717) is 21.7 Å². The summed E-state index contributed by atoms with van der Waals surface area (Å²) < 4.78 is 0. The fraction of sp³-hybridized carbons (Fsp3) is 1.00. The van der Waals surface area contributed by atoms with Crippen LogP contribution in [-0.2, 0) is 0 Å². The number of fused-ring (bicyclic) bond motifs is 16. The molecule has 0 N–H and O–H groups in total. The molecular formula is C99H184. The molecule has 0 nitrogen and oxygen atoms in total. The van der Waals surface area contributed by atoms with Gasteiger partial charge in [0.25, 0.3) is 0 Å². The Morgan fingerprint density at radius 2 is 0.707 bits per heavy atom. The van der Waals surface area contributed by atoms with Gasteiger partial charge in [0, 0.05) is 0 Å². The van der Waals surface area contributed by atoms with Gasteiger partial charge in [0.15, 0.2) is 0 Å². The van der Waals surface area contributed by atoms with Gasteiger partial charge < -0.3 is 0 Å². The van der Waals surface area contributed by atoms with Crippen molar-refractivity contribution in [2.45, 2.75) is 454 Å². The van der Waals surface area contributed by atoms with Gasteiger partial charge >= 0.3 is 0 Å². The topological polar surface area (TPSA) is 0 Å². The number of rotatable bonds is 3. The standard InChI is InChI=1S/C11H22.2C10H18.4C9H16.C9H18.C8H14.C8H16.C7H14/c1-9-10(2,3)7-6-8-11(9,4)5;1-7-8-4-5-9(6-8)10(7,2)3;1-8-7-9-3-5-10(8,2)6-4-9;1-7-5-8-3-4-9(7,2)6-8;1-6-7(2)9-4-3-8(6)5-9;1-7-6-8-2-4-9(7)5-3-8;1-2-8-5-7-3-4-9(8)6-7;1-8-6-4-5-7-9(8,2)3;1-6-4-7-2-3-8(6)5-7;1-2-8-6-4-3-5-7-8;1-2-7-5-3-4-6-7/h9H,6-8H2,1-5H3;7-9H,4-6H2,1-3H3;8-9H,3-7H2,1-2H3;7-8H,3-6H2,1-2H3;6-9H,3-5H2,1-2H3;2*7-9H,2-6H2,1H3;8H,4-7H2,1-3H3;6-8H,2-5H2,1H3;8H,2-7H2,1H3;7H,2-6H2,1H3/t;;8-,9?,10?;;;7-,8?,9?;;8-;;;/m..0..0.1.../s1. The fourth-order valence-corrected chi connectivity index (χ4v) is 27.0. The largest absolute Gasteiger partial charge is 0.0651 e. The van der Waals surface area contributed by atoms with Crippen molar-refractivity contribution in [3.63, 3.8) is 0 Å². The van der Waals surface area contributed by atoms with Crippen molar-refractivity contribution in [2.24, 2.45) is 175 Å². The SMILES string of the molecule is CC1C(C)(C)CCCC1(C)C.CC1C2CCC(C2)C1(C)C.CC1C2CCC(C2)C1C.CC1CC2CCC1(C)C2.CC1CC2CCC1C2.CCC1CC2CCC1C2.CCC1CCCC1.CCC1CCCCC1.C[C@@H]1CCCCC1(C)C.C[C@H]1CC2CCC1(C)CC2.C[C@H]1CC2CCC1CC2. The third-order valence-electron chi connectivity index (χ3n) is 37.4. The third kappa shape index (κ3) is 23.5. The van der Waals surface area contributed by atoms with E-state index in [1.54, 1.807) is 89.9 Å². The maximum atomic E-state index is 2.49. The zero-order valence-corrected chi connectivity index (χ0v) is 72.1. The molecule has 20 fully saturated rings. The molecule has 99 heavy (non-hydrogen) atoms. The van der Waals surface area contributed by atoms with Gasteiger partial charge in [0.2, 0.25) is 0 Å². The Labute approximate surface area is 624 Å². The molecule has 0 radical (unpaired) electrons. The third-order valence-corrected chi connectivity index (χ3v) is 37.4. The minimum atomic E-state index is 0.571. The predicted molar refractivity (Wildman–Crippen MR) is 440 cm³/mol. The summed E-state index contributed by atoms with van der Waals surface area (Å²) in [4.78, 5) is 0. The Kier molecular flexibility index (Phi) is 32.8. The van der Waals surface area contributed by atoms with E-state index >= 15 is 0 Å². The molecule has 19 atom stereocenters. The number of hydrogen-bond acceptors (Lipinski definition) is 0. The van der Waals surface area contributed by atoms with Crippen molar-refractivity contribution < 1.29 is 0 Å². The van der Waals surface area contributed by atoms with Crippen LogP contribution in [0.5, 0.6) is 0 Å². The summed E-state index contributed by atoms with van der Waals surface area (Å²) in [5, 5.41) is 0. The van der Waals surface area contributed by atoms with Crippen molar-refractivity contribution in [3.8, 4) is 0 Å². The summed E-state index contributed by atoms with van der Waals surface area (Å²) in [7, 11) is 0. The summed E-state index contributed by atoms with van der Waals surface area (Å²) in [6.07, 6.45) is 71.0. The first kappa shape index (κ1) is 84.6. The van der Waals surface area contributed by atoms with Crippen LogP contribution < -0.4 is 0 Å². The van der Waals surface area contributed by atoms with Crippen molar-refractivity contribution in [3.05, 3.63) is 0 Å². The van der Waals surface area contributed by atoms with Crippen LogP contribution >= 0.6 is 0 Å². The van der Waals surface area contributed by atoms with E-state index in [2.05, 4.69) is 152 Å². The van der Waals surface area contributed by atoms with Gasteiger partial charge in [0.1, 0.15) is 0 Å². The molecule has 20 rings (SSSR count). The molecular weight excluding hydrogens is 1190 g/mol. The second kappa shape index (κ2) is 38.4. The Hall–Kier alpha value is 0. The van der Waals surface area contributed by atoms with E-state index in [9.17, 15) is 0 Å². The van der Waals surface area contributed by atoms with E-state index in [1.165, 1.54) is 212 Å². The van der Waals surface area contributed by atoms with Gasteiger partial charge in [0.05, 0.1) is 0 Å². The second-order valence-electron chi connectivity index (χ2n) is 44.7. The Bertz CT molecular complexity index is 2160. The highest BCUT2D eigenvalue weighted by molar-refractivity contribution is 5.01. The summed E-state index contributed by atoms with van der Waals surface area (Å²) in [6, 6.07) is 0. The molecule has 0 heteroatoms. The van der Waals surface area contributed by atoms with Crippen LogP contribution in [-0.4, -0.2) is 0 Å². The molecule has 0 aromatic heterocycles. The summed E-state index contributed by atoms with van der Waals surface area (Å²) >= 11 is 0. The monoisotopic (exact) mass is 1370 g/mol. The smallest absolute Gasteiger partial charge is 0.0297 e. The van der Waals surface area contributed by atoms with E-state index in [1.807, 2.05) is 0 Å². The zero-order chi connectivity index (χ0) is 72.1. The Morgan fingerprint density at radius 3 is 0.970 bits per heavy atom. The molecule has 16 unspecified atom stereocenters. The molecule has 580 valence electrons. The maximum Gasteiger partial charge on any atom is -0.0297 e. The van der Waals surface area contributed by atoms with Crippen LogP contribution in [0.2, 0.25) is 0 Å². The molecule has 0 aromatic carbocycles. The molecule has 14 bridgehead atoms. The minimum Gasteiger partial charge on any atom is -0.0651 e. The molecule has 0 heterocycles. The molecule has 0 amide bonds. The van der Waals surface area contributed by atoms with Crippen LogP contribution in [0.3, 0.4) is 0 Å². The quantitative estimate of drug-likeness (QED) is 0.264. The van der Waals surface area contributed by atoms with Gasteiger partial charge in [-0.15, -0.1) is 0 Å². The predicted octanol–water partition coefficient (Wildman–Crippen LogP) is 32.6. The average molecular weight is 1370 g/mol. The summed E-state index contributed by atoms with van der Waals surface area (Å²) in [5.41, 5.74) is 3.96. The lowest BCUT2D eigenvalue weighted by molar-refractivity contribution is 0.0209. The highest BCUT2D eigenvalue weighted by atomic mass is 14.6. The van der Waals surface area contributed by atoms with Crippen molar-refractivity contribution in [1.82, 2.24) is 0 Å². The van der Waals surface area contributed by atoms with E-state index in [4.69, 9.17) is 0 Å². The molecule has 20 aliphatic carbocycles. The zero-order valence-electron chi connectivity index (χ0n) is 72.1. The van der Waals surface area contributed by atoms with E-state index in [-0.39, 0.29) is 0 Å². The van der Waals surface area contributed by atoms with Crippen molar-refractivity contribution in [2.75, 3.05) is 0 Å². The van der Waals surface area contributed by atoms with Gasteiger partial charge in [-0.25, -0.2) is 0 Å². The Balaban J connectivity index is 0.000000139. The lowest BCUT2D eigenvalue weighted by atomic mass is 9.57. The first-order chi connectivity index (χ1) is 46.8. The number of hydrogen-bond donors (Lipinski definition) is 0. The molecule has 0 aliphatic heterocycles. The molecule has 20 aliphatic rings. The molecule has 0 aromatic rings. The van der Waals surface area contributed by atoms with Crippen molar-refractivity contribution >= 4 is 0 Å². The highest BCUT2D eigenvalue weighted by Crippen LogP contribution is 2.60. The van der Waals surface area contributed by atoms with E-state index < -0.39 is 0 Å². The Morgan fingerprint density at radius 1 is 0.273 bits per heavy atom. The maximum absolute atomic E-state index is 2.49. The molecule has 0 saturated heterocycles. The summed E-state index contributed by atoms with van der Waals surface area (Å²) in [6.45, 7) is 53.2. The summed E-state index contributed by atoms with van der Waals surface area (Å²) in [5.74, 6) is 25.8. The molecule has 0 spiro atoms. The van der Waals surface area contributed by atoms with E-state index in [0.717, 1.165) is 153 Å². The first-order valence-corrected chi connectivity index (χ1v) is 46.8. The van der Waals surface area contributed by atoms with Crippen molar-refractivity contribution in [1.29, 1.82) is 0 Å². The van der Waals surface area contributed by atoms with Gasteiger partial charge in [-0.2, -0.15) is 0 Å². The van der Waals surface area contributed by atoms with Crippen LogP contribution in [0, 0.1) is 175 Å². The highest BCUT2D eigenvalue weighted by Gasteiger charge is 2.51. The molecule has 20 saturated carbocycles. The van der Waals surface area contributed by atoms with Crippen LogP contribution in [0.25, 0.3) is 0 Å². The second-order valence-corrected chi connectivity index (χ2v) is 44.7. The van der Waals surface area contributed by atoms with Gasteiger partial charge in [-0.05, 0) is 348 Å². The van der Waals surface area contributed by atoms with Crippen LogP contribution in [0.4, 0.5) is 0 Å². The van der Waals surface area contributed by atoms with Gasteiger partial charge in [-0.1, -0.05) is 281 Å². The fourth-order valence-electron chi connectivity index (χ4n) is 27.0. The van der Waals surface area contributed by atoms with Gasteiger partial charge in [-0.3, -0.25) is 0 Å². The van der Waals surface area contributed by atoms with Crippen LogP contribution in [0.15, 0.2) is 0 Å². The first-order valence-electron chi connectivity index (χ1n) is 46.8. The normalized spacial score (nSPS) is 44.0. The average Bonchev–Trinajstić information content (AvgIpc) is 1.75. The minimum absolute atomic E-state index is 0.571. The lowest BCUT2D eigenvalue weighted by Crippen LogP contribution is -2.38.